The number of anilines is 1. The molecule has 5 nitrogen and oxygen atoms in total. The summed E-state index contributed by atoms with van der Waals surface area (Å²) < 4.78 is 38.3. The molecule has 1 aromatic rings. The van der Waals surface area contributed by atoms with Gasteiger partial charge in [0, 0.05) is 41.6 Å². The Morgan fingerprint density at radius 1 is 1.40 bits per heavy atom. The van der Waals surface area contributed by atoms with Gasteiger partial charge in [0.1, 0.15) is 0 Å². The SMILES string of the molecule is Cc1ccc(S(=O)(=O)NCCS(C)=O)c2c1NCCC2. The number of aryl methyl sites for hydroxylation is 1. The molecule has 0 saturated carbocycles. The van der Waals surface area contributed by atoms with E-state index in [0.717, 1.165) is 36.2 Å². The second-order valence-electron chi connectivity index (χ2n) is 4.94. The summed E-state index contributed by atoms with van der Waals surface area (Å²) in [5.74, 6) is 0.325. The predicted molar refractivity (Wildman–Crippen MR) is 82.1 cm³/mol. The van der Waals surface area contributed by atoms with Gasteiger partial charge in [-0.2, -0.15) is 0 Å². The van der Waals surface area contributed by atoms with Crippen LogP contribution in [0, 0.1) is 6.92 Å². The van der Waals surface area contributed by atoms with Gasteiger partial charge in [0.2, 0.25) is 10.0 Å². The van der Waals surface area contributed by atoms with E-state index in [1.807, 2.05) is 13.0 Å². The third-order valence-electron chi connectivity index (χ3n) is 3.35. The number of hydrogen-bond acceptors (Lipinski definition) is 4. The van der Waals surface area contributed by atoms with Crippen LogP contribution in [0.3, 0.4) is 0 Å². The summed E-state index contributed by atoms with van der Waals surface area (Å²) in [6, 6.07) is 3.48. The Bertz CT molecular complexity index is 627. The largest absolute Gasteiger partial charge is 0.385 e. The summed E-state index contributed by atoms with van der Waals surface area (Å²) in [6.07, 6.45) is 3.25. The summed E-state index contributed by atoms with van der Waals surface area (Å²) in [5.41, 5.74) is 2.87. The van der Waals surface area contributed by atoms with Crippen LogP contribution >= 0.6 is 0 Å². The Morgan fingerprint density at radius 3 is 2.85 bits per heavy atom. The number of hydrogen-bond donors (Lipinski definition) is 2. The molecule has 0 amide bonds. The molecule has 1 atom stereocenters. The predicted octanol–water partition coefficient (Wildman–Crippen LogP) is 1.01. The van der Waals surface area contributed by atoms with Crippen molar-refractivity contribution < 1.29 is 12.6 Å². The topological polar surface area (TPSA) is 75.3 Å². The summed E-state index contributed by atoms with van der Waals surface area (Å²) in [6.45, 7) is 3.04. The lowest BCUT2D eigenvalue weighted by Gasteiger charge is -2.23. The zero-order valence-electron chi connectivity index (χ0n) is 11.7. The Labute approximate surface area is 122 Å². The molecule has 1 aromatic carbocycles. The smallest absolute Gasteiger partial charge is 0.240 e. The van der Waals surface area contributed by atoms with Crippen LogP contribution in [0.4, 0.5) is 5.69 Å². The van der Waals surface area contributed by atoms with Crippen molar-refractivity contribution in [2.24, 2.45) is 0 Å². The van der Waals surface area contributed by atoms with Crippen LogP contribution in [0.15, 0.2) is 17.0 Å². The molecule has 20 heavy (non-hydrogen) atoms. The van der Waals surface area contributed by atoms with E-state index in [1.165, 1.54) is 0 Å². The van der Waals surface area contributed by atoms with Gasteiger partial charge in [-0.3, -0.25) is 4.21 Å². The Balaban J connectivity index is 2.30. The molecule has 1 unspecified atom stereocenters. The van der Waals surface area contributed by atoms with E-state index in [2.05, 4.69) is 10.0 Å². The Kier molecular flexibility index (Phi) is 4.82. The van der Waals surface area contributed by atoms with Crippen molar-refractivity contribution in [2.45, 2.75) is 24.7 Å². The lowest BCUT2D eigenvalue weighted by atomic mass is 10.00. The van der Waals surface area contributed by atoms with Crippen molar-refractivity contribution in [3.63, 3.8) is 0 Å². The van der Waals surface area contributed by atoms with Crippen molar-refractivity contribution in [3.05, 3.63) is 23.3 Å². The maximum Gasteiger partial charge on any atom is 0.240 e. The summed E-state index contributed by atoms with van der Waals surface area (Å²) in [7, 11) is -4.54. The molecule has 7 heteroatoms. The first-order chi connectivity index (χ1) is 9.42. The highest BCUT2D eigenvalue weighted by Crippen LogP contribution is 2.31. The fourth-order valence-electron chi connectivity index (χ4n) is 2.37. The van der Waals surface area contributed by atoms with Gasteiger partial charge in [0.25, 0.3) is 0 Å². The second kappa shape index (κ2) is 6.24. The van der Waals surface area contributed by atoms with Crippen LogP contribution in [0.25, 0.3) is 0 Å². The minimum Gasteiger partial charge on any atom is -0.385 e. The number of benzene rings is 1. The molecule has 0 bridgehead atoms. The van der Waals surface area contributed by atoms with Crippen LogP contribution in [-0.2, 0) is 27.2 Å². The minimum atomic E-state index is -3.54. The van der Waals surface area contributed by atoms with E-state index < -0.39 is 20.8 Å². The standard InChI is InChI=1S/C13H20N2O3S2/c1-10-5-6-12(11-4-3-7-14-13(10)11)20(17,18)15-8-9-19(2)16/h5-6,14-15H,3-4,7-9H2,1-2H3. The average molecular weight is 316 g/mol. The molecule has 1 heterocycles. The molecule has 1 aliphatic heterocycles. The Hall–Kier alpha value is -0.920. The molecule has 2 N–H and O–H groups in total. The van der Waals surface area contributed by atoms with Crippen LogP contribution < -0.4 is 10.0 Å². The summed E-state index contributed by atoms with van der Waals surface area (Å²) in [5, 5.41) is 3.28. The monoisotopic (exact) mass is 316 g/mol. The van der Waals surface area contributed by atoms with Gasteiger partial charge in [0.15, 0.2) is 0 Å². The first kappa shape index (κ1) is 15.5. The first-order valence-electron chi connectivity index (χ1n) is 6.58. The molecule has 0 aliphatic carbocycles. The molecule has 0 saturated heterocycles. The molecule has 0 fully saturated rings. The molecule has 0 radical (unpaired) electrons. The van der Waals surface area contributed by atoms with Gasteiger partial charge < -0.3 is 5.32 Å². The molecule has 112 valence electrons. The fraction of sp³-hybridized carbons (Fsp3) is 0.538. The van der Waals surface area contributed by atoms with Gasteiger partial charge in [-0.05, 0) is 37.0 Å². The van der Waals surface area contributed by atoms with Crippen molar-refractivity contribution in [2.75, 3.05) is 30.4 Å². The van der Waals surface area contributed by atoms with Crippen LogP contribution in [0.1, 0.15) is 17.5 Å². The van der Waals surface area contributed by atoms with Gasteiger partial charge in [-0.1, -0.05) is 6.07 Å². The van der Waals surface area contributed by atoms with E-state index in [4.69, 9.17) is 0 Å². The minimum absolute atomic E-state index is 0.196. The van der Waals surface area contributed by atoms with E-state index in [9.17, 15) is 12.6 Å². The highest BCUT2D eigenvalue weighted by Gasteiger charge is 2.23. The van der Waals surface area contributed by atoms with Gasteiger partial charge in [-0.15, -0.1) is 0 Å². The maximum atomic E-state index is 12.4. The highest BCUT2D eigenvalue weighted by atomic mass is 32.2. The van der Waals surface area contributed by atoms with Crippen molar-refractivity contribution in [1.82, 2.24) is 4.72 Å². The summed E-state index contributed by atoms with van der Waals surface area (Å²) in [4.78, 5) is 0.340. The quantitative estimate of drug-likeness (QED) is 0.850. The number of nitrogens with one attached hydrogen (secondary N) is 2. The van der Waals surface area contributed by atoms with Gasteiger partial charge in [0.05, 0.1) is 4.90 Å². The molecule has 2 rings (SSSR count). The fourth-order valence-corrected chi connectivity index (χ4v) is 4.19. The Morgan fingerprint density at radius 2 is 2.15 bits per heavy atom. The normalized spacial score (nSPS) is 16.3. The van der Waals surface area contributed by atoms with Crippen LogP contribution in [0.5, 0.6) is 0 Å². The van der Waals surface area contributed by atoms with E-state index >= 15 is 0 Å². The number of sulfonamides is 1. The van der Waals surface area contributed by atoms with Crippen LogP contribution in [-0.4, -0.2) is 37.7 Å². The lowest BCUT2D eigenvalue weighted by Crippen LogP contribution is -2.29. The number of fused-ring (bicyclic) bond motifs is 1. The zero-order valence-corrected chi connectivity index (χ0v) is 13.4. The average Bonchev–Trinajstić information content (AvgIpc) is 2.38. The maximum absolute atomic E-state index is 12.4. The molecule has 0 spiro atoms. The van der Waals surface area contributed by atoms with Gasteiger partial charge >= 0.3 is 0 Å². The molecular weight excluding hydrogens is 296 g/mol. The van der Waals surface area contributed by atoms with Crippen LogP contribution in [0.2, 0.25) is 0 Å². The molecule has 1 aliphatic rings. The first-order valence-corrected chi connectivity index (χ1v) is 9.79. The second-order valence-corrected chi connectivity index (χ2v) is 8.23. The van der Waals surface area contributed by atoms with Crippen molar-refractivity contribution in [3.8, 4) is 0 Å². The van der Waals surface area contributed by atoms with Crippen molar-refractivity contribution in [1.29, 1.82) is 0 Å². The summed E-state index contributed by atoms with van der Waals surface area (Å²) >= 11 is 0. The van der Waals surface area contributed by atoms with E-state index in [0.29, 0.717) is 10.6 Å². The number of rotatable bonds is 5. The molecular formula is C13H20N2O3S2. The zero-order chi connectivity index (χ0) is 14.8. The van der Waals surface area contributed by atoms with E-state index in [1.54, 1.807) is 12.3 Å². The van der Waals surface area contributed by atoms with Gasteiger partial charge in [-0.25, -0.2) is 13.1 Å². The third kappa shape index (κ3) is 3.39. The lowest BCUT2D eigenvalue weighted by molar-refractivity contribution is 0.582. The highest BCUT2D eigenvalue weighted by molar-refractivity contribution is 7.89. The van der Waals surface area contributed by atoms with E-state index in [-0.39, 0.29) is 6.54 Å². The van der Waals surface area contributed by atoms with Crippen molar-refractivity contribution >= 4 is 26.5 Å². The third-order valence-corrected chi connectivity index (χ3v) is 5.68. The molecule has 0 aromatic heterocycles.